The van der Waals surface area contributed by atoms with Gasteiger partial charge in [0.1, 0.15) is 18.8 Å². The molecule has 188 valence electrons. The van der Waals surface area contributed by atoms with E-state index < -0.39 is 5.41 Å². The quantitative estimate of drug-likeness (QED) is 0.234. The Kier molecular flexibility index (Phi) is 6.43. The minimum absolute atomic E-state index is 0.00987. The molecule has 2 aromatic carbocycles. The molecule has 3 saturated heterocycles. The molecule has 0 radical (unpaired) electrons. The Hall–Kier alpha value is -2.92. The monoisotopic (exact) mass is 485 g/mol. The van der Waals surface area contributed by atoms with Crippen molar-refractivity contribution >= 4 is 5.97 Å². The standard InChI is InChI=1S/C31H37N2O3/c34-30(31(17-9-1-2-10-18-31)26-13-7-4-8-14-26)35-29-23-33(19-15-25(29)16-20-33)22-27-21-28(36-32-27)24-11-5-3-6-12-24/h3-8,11-14,21,25,29H,1-2,9-10,15-20,22-23H2/q+1/t25?,29-,33?/m0/s1. The fourth-order valence-electron chi connectivity index (χ4n) is 7.00. The van der Waals surface area contributed by atoms with Crippen molar-refractivity contribution in [3.05, 3.63) is 78.0 Å². The van der Waals surface area contributed by atoms with E-state index in [1.54, 1.807) is 0 Å². The summed E-state index contributed by atoms with van der Waals surface area (Å²) in [5, 5.41) is 4.42. The molecule has 1 aromatic heterocycles. The summed E-state index contributed by atoms with van der Waals surface area (Å²) in [6, 6.07) is 22.6. The number of carbonyl (C=O) groups is 1. The van der Waals surface area contributed by atoms with Gasteiger partial charge in [0, 0.05) is 30.4 Å². The number of hydrogen-bond acceptors (Lipinski definition) is 4. The number of aromatic nitrogens is 1. The zero-order valence-corrected chi connectivity index (χ0v) is 21.1. The molecule has 1 aliphatic carbocycles. The number of carbonyl (C=O) groups excluding carboxylic acids is 1. The summed E-state index contributed by atoms with van der Waals surface area (Å²) < 4.78 is 13.1. The summed E-state index contributed by atoms with van der Waals surface area (Å²) >= 11 is 0. The van der Waals surface area contributed by atoms with E-state index in [2.05, 4.69) is 47.6 Å². The van der Waals surface area contributed by atoms with Gasteiger partial charge < -0.3 is 13.7 Å². The van der Waals surface area contributed by atoms with E-state index >= 15 is 0 Å². The van der Waals surface area contributed by atoms with E-state index in [4.69, 9.17) is 9.26 Å². The first-order valence-corrected chi connectivity index (χ1v) is 13.8. The lowest BCUT2D eigenvalue weighted by molar-refractivity contribution is -0.958. The third-order valence-electron chi connectivity index (χ3n) is 9.09. The summed E-state index contributed by atoms with van der Waals surface area (Å²) in [5.74, 6) is 1.31. The van der Waals surface area contributed by atoms with Crippen LogP contribution in [0, 0.1) is 5.92 Å². The maximum absolute atomic E-state index is 14.0. The molecule has 0 spiro atoms. The number of fused-ring (bicyclic) bond motifs is 3. The molecule has 2 bridgehead atoms. The van der Waals surface area contributed by atoms with Crippen LogP contribution in [-0.2, 0) is 21.5 Å². The number of rotatable bonds is 6. The Morgan fingerprint density at radius 2 is 1.61 bits per heavy atom. The minimum Gasteiger partial charge on any atom is -0.455 e. The second kappa shape index (κ2) is 9.85. The van der Waals surface area contributed by atoms with Gasteiger partial charge in [-0.1, -0.05) is 91.5 Å². The van der Waals surface area contributed by atoms with E-state index in [-0.39, 0.29) is 12.1 Å². The van der Waals surface area contributed by atoms with Gasteiger partial charge in [0.15, 0.2) is 11.9 Å². The maximum Gasteiger partial charge on any atom is 0.317 e. The third kappa shape index (κ3) is 4.50. The molecule has 1 saturated carbocycles. The average molecular weight is 486 g/mol. The van der Waals surface area contributed by atoms with Crippen LogP contribution >= 0.6 is 0 Å². The van der Waals surface area contributed by atoms with Crippen LogP contribution in [0.1, 0.15) is 62.6 Å². The van der Waals surface area contributed by atoms with Crippen molar-refractivity contribution in [2.24, 2.45) is 5.92 Å². The van der Waals surface area contributed by atoms with Crippen molar-refractivity contribution in [2.75, 3.05) is 19.6 Å². The van der Waals surface area contributed by atoms with Crippen LogP contribution in [0.5, 0.6) is 0 Å². The largest absolute Gasteiger partial charge is 0.455 e. The summed E-state index contributed by atoms with van der Waals surface area (Å²) in [4.78, 5) is 14.0. The van der Waals surface area contributed by atoms with E-state index in [9.17, 15) is 4.79 Å². The summed E-state index contributed by atoms with van der Waals surface area (Å²) in [6.45, 7) is 3.96. The van der Waals surface area contributed by atoms with E-state index in [0.29, 0.717) is 5.92 Å². The highest BCUT2D eigenvalue weighted by Crippen LogP contribution is 2.42. The van der Waals surface area contributed by atoms with Crippen molar-refractivity contribution in [3.63, 3.8) is 0 Å². The Balaban J connectivity index is 1.19. The van der Waals surface area contributed by atoms with Crippen LogP contribution < -0.4 is 0 Å². The zero-order chi connectivity index (χ0) is 24.4. The number of nitrogens with zero attached hydrogens (tertiary/aromatic N) is 2. The number of piperidine rings is 3. The Bertz CT molecular complexity index is 1160. The first kappa shape index (κ1) is 23.5. The lowest BCUT2D eigenvalue weighted by atomic mass is 9.74. The molecule has 36 heavy (non-hydrogen) atoms. The van der Waals surface area contributed by atoms with Gasteiger partial charge in [-0.15, -0.1) is 0 Å². The second-order valence-electron chi connectivity index (χ2n) is 11.3. The number of hydrogen-bond donors (Lipinski definition) is 0. The molecule has 0 amide bonds. The van der Waals surface area contributed by atoms with Crippen LogP contribution in [0.15, 0.2) is 71.3 Å². The van der Waals surface area contributed by atoms with Crippen LogP contribution in [-0.4, -0.2) is 41.3 Å². The summed E-state index contributed by atoms with van der Waals surface area (Å²) in [5.41, 5.74) is 2.68. The molecule has 5 heteroatoms. The van der Waals surface area contributed by atoms with Crippen molar-refractivity contribution in [1.29, 1.82) is 0 Å². The normalized spacial score (nSPS) is 27.3. The lowest BCUT2D eigenvalue weighted by Crippen LogP contribution is -2.64. The highest BCUT2D eigenvalue weighted by atomic mass is 16.5. The Morgan fingerprint density at radius 1 is 0.944 bits per heavy atom. The lowest BCUT2D eigenvalue weighted by Gasteiger charge is -2.52. The molecule has 0 N–H and O–H groups in total. The number of quaternary nitrogens is 1. The molecule has 4 fully saturated rings. The number of ether oxygens (including phenoxy) is 1. The highest BCUT2D eigenvalue weighted by Gasteiger charge is 2.50. The summed E-state index contributed by atoms with van der Waals surface area (Å²) in [7, 11) is 0. The van der Waals surface area contributed by atoms with Crippen LogP contribution in [0.3, 0.4) is 0 Å². The first-order chi connectivity index (χ1) is 17.7. The molecular formula is C31H37N2O3+. The molecule has 3 aliphatic heterocycles. The molecule has 3 aromatic rings. The SMILES string of the molecule is O=C(O[C@H]1C[N+]2(Cc3cc(-c4ccccc4)on3)CCC1CC2)C1(c2ccccc2)CCCCCC1. The van der Waals surface area contributed by atoms with Gasteiger partial charge in [0.2, 0.25) is 0 Å². The van der Waals surface area contributed by atoms with Gasteiger partial charge in [-0.3, -0.25) is 4.79 Å². The van der Waals surface area contributed by atoms with Crippen molar-refractivity contribution in [1.82, 2.24) is 5.16 Å². The van der Waals surface area contributed by atoms with Gasteiger partial charge in [0.05, 0.1) is 18.5 Å². The smallest absolute Gasteiger partial charge is 0.317 e. The van der Waals surface area contributed by atoms with Crippen LogP contribution in [0.2, 0.25) is 0 Å². The molecular weight excluding hydrogens is 448 g/mol. The fraction of sp³-hybridized carbons (Fsp3) is 0.484. The Labute approximate surface area is 214 Å². The van der Waals surface area contributed by atoms with Crippen LogP contribution in [0.4, 0.5) is 0 Å². The highest BCUT2D eigenvalue weighted by molar-refractivity contribution is 5.83. The second-order valence-corrected chi connectivity index (χ2v) is 11.3. The van der Waals surface area contributed by atoms with E-state index in [0.717, 1.165) is 91.8 Å². The molecule has 7 rings (SSSR count). The van der Waals surface area contributed by atoms with Gasteiger partial charge >= 0.3 is 5.97 Å². The first-order valence-electron chi connectivity index (χ1n) is 13.8. The third-order valence-corrected chi connectivity index (χ3v) is 9.09. The molecule has 5 nitrogen and oxygen atoms in total. The van der Waals surface area contributed by atoms with E-state index in [1.807, 2.05) is 24.3 Å². The van der Waals surface area contributed by atoms with Crippen molar-refractivity contribution in [3.8, 4) is 11.3 Å². The molecule has 0 unspecified atom stereocenters. The van der Waals surface area contributed by atoms with Crippen molar-refractivity contribution in [2.45, 2.75) is 69.4 Å². The minimum atomic E-state index is -0.495. The number of benzene rings is 2. The number of esters is 1. The average Bonchev–Trinajstić information content (AvgIpc) is 3.23. The predicted octanol–water partition coefficient (Wildman–Crippen LogP) is 6.29. The van der Waals surface area contributed by atoms with Gasteiger partial charge in [0.25, 0.3) is 0 Å². The molecule has 4 aliphatic rings. The van der Waals surface area contributed by atoms with Gasteiger partial charge in [-0.2, -0.15) is 0 Å². The topological polar surface area (TPSA) is 52.3 Å². The zero-order valence-electron chi connectivity index (χ0n) is 21.1. The Morgan fingerprint density at radius 3 is 2.31 bits per heavy atom. The molecule has 1 atom stereocenters. The predicted molar refractivity (Wildman–Crippen MR) is 139 cm³/mol. The molecule has 4 heterocycles. The van der Waals surface area contributed by atoms with Crippen molar-refractivity contribution < 1.29 is 18.5 Å². The maximum atomic E-state index is 14.0. The summed E-state index contributed by atoms with van der Waals surface area (Å²) in [6.07, 6.45) is 8.60. The fourth-order valence-corrected chi connectivity index (χ4v) is 7.00. The van der Waals surface area contributed by atoms with E-state index in [1.165, 1.54) is 12.8 Å². The van der Waals surface area contributed by atoms with Crippen LogP contribution in [0.25, 0.3) is 11.3 Å². The van der Waals surface area contributed by atoms with Gasteiger partial charge in [-0.05, 0) is 18.4 Å². The van der Waals surface area contributed by atoms with Gasteiger partial charge in [-0.25, -0.2) is 0 Å².